The van der Waals surface area contributed by atoms with Gasteiger partial charge in [0.05, 0.1) is 11.0 Å². The Labute approximate surface area is 313 Å². The van der Waals surface area contributed by atoms with E-state index in [2.05, 4.69) is 173 Å². The Kier molecular flexibility index (Phi) is 6.83. The average molecular weight is 709 g/mol. The van der Waals surface area contributed by atoms with E-state index < -0.39 is 7.14 Å². The molecule has 0 saturated heterocycles. The molecule has 9 aromatic carbocycles. The van der Waals surface area contributed by atoms with Crippen LogP contribution in [0.15, 0.2) is 200 Å². The van der Waals surface area contributed by atoms with Crippen molar-refractivity contribution in [1.29, 1.82) is 0 Å². The van der Waals surface area contributed by atoms with Crippen molar-refractivity contribution in [1.82, 2.24) is 4.57 Å². The second-order valence-corrected chi connectivity index (χ2v) is 16.8. The monoisotopic (exact) mass is 708 g/mol. The van der Waals surface area contributed by atoms with Crippen molar-refractivity contribution in [3.05, 3.63) is 200 Å². The summed E-state index contributed by atoms with van der Waals surface area (Å²) in [7, 11) is -3.07. The van der Waals surface area contributed by atoms with Gasteiger partial charge in [-0.2, -0.15) is 0 Å². The quantitative estimate of drug-likeness (QED) is 0.166. The summed E-state index contributed by atoms with van der Waals surface area (Å²) in [5.41, 5.74) is 8.66. The molecule has 0 saturated carbocycles. The van der Waals surface area contributed by atoms with Crippen LogP contribution in [0.4, 0.5) is 17.1 Å². The zero-order valence-corrected chi connectivity index (χ0v) is 30.2. The van der Waals surface area contributed by atoms with Gasteiger partial charge in [-0.1, -0.05) is 133 Å². The van der Waals surface area contributed by atoms with Crippen LogP contribution >= 0.6 is 7.14 Å². The Balaban J connectivity index is 1.10. The third-order valence-electron chi connectivity index (χ3n) is 11.1. The van der Waals surface area contributed by atoms with Crippen LogP contribution in [0.5, 0.6) is 0 Å². The van der Waals surface area contributed by atoms with E-state index >= 15 is 4.57 Å². The number of anilines is 3. The standard InChI is InChI=1S/C50H33N2OP/c53-54(42-16-2-1-3-17-42)49-21-11-9-19-44(49)46-32-48-45(33-50(46)54)43-18-8-10-20-47(43)52(48)39-28-26-38(27-29-39)51(40-24-22-34-12-4-6-14-36(34)30-40)41-25-23-35-13-5-7-15-37(35)31-41/h1-33H. The van der Waals surface area contributed by atoms with Crippen LogP contribution in [0.25, 0.3) is 60.2 Å². The summed E-state index contributed by atoms with van der Waals surface area (Å²) in [4.78, 5) is 2.35. The Morgan fingerprint density at radius 3 is 1.67 bits per heavy atom. The van der Waals surface area contributed by atoms with Crippen molar-refractivity contribution in [3.8, 4) is 16.8 Å². The lowest BCUT2D eigenvalue weighted by atomic mass is 10.0. The van der Waals surface area contributed by atoms with Gasteiger partial charge in [-0.3, -0.25) is 0 Å². The van der Waals surface area contributed by atoms with Gasteiger partial charge in [0.2, 0.25) is 0 Å². The van der Waals surface area contributed by atoms with E-state index in [1.54, 1.807) is 0 Å². The van der Waals surface area contributed by atoms with Gasteiger partial charge in [-0.15, -0.1) is 0 Å². The molecule has 1 atom stereocenters. The molecule has 11 rings (SSSR count). The molecule has 3 nitrogen and oxygen atoms in total. The summed E-state index contributed by atoms with van der Waals surface area (Å²) in [5.74, 6) is 0. The molecule has 0 aliphatic carbocycles. The highest BCUT2D eigenvalue weighted by Crippen LogP contribution is 2.53. The van der Waals surface area contributed by atoms with E-state index in [1.165, 1.54) is 21.5 Å². The first-order valence-corrected chi connectivity index (χ1v) is 20.1. The van der Waals surface area contributed by atoms with Crippen molar-refractivity contribution < 1.29 is 4.57 Å². The van der Waals surface area contributed by atoms with Crippen LogP contribution in [0.2, 0.25) is 0 Å². The van der Waals surface area contributed by atoms with Crippen molar-refractivity contribution in [2.24, 2.45) is 0 Å². The highest BCUT2D eigenvalue weighted by Gasteiger charge is 2.40. The number of para-hydroxylation sites is 1. The van der Waals surface area contributed by atoms with E-state index in [-0.39, 0.29) is 0 Å². The predicted molar refractivity (Wildman–Crippen MR) is 229 cm³/mol. The van der Waals surface area contributed by atoms with Crippen molar-refractivity contribution in [2.75, 3.05) is 4.90 Å². The van der Waals surface area contributed by atoms with Gasteiger partial charge in [0.25, 0.3) is 0 Å². The van der Waals surface area contributed by atoms with Gasteiger partial charge in [0.1, 0.15) is 0 Å². The molecule has 2 heterocycles. The SMILES string of the molecule is O=P1(c2ccccc2)c2ccccc2-c2cc3c(cc21)c1ccccc1n3-c1ccc(N(c2ccc3ccccc3c2)c2ccc3ccccc3c2)cc1. The Morgan fingerprint density at radius 1 is 0.389 bits per heavy atom. The highest BCUT2D eigenvalue weighted by atomic mass is 31.2. The molecule has 54 heavy (non-hydrogen) atoms. The molecule has 0 amide bonds. The largest absolute Gasteiger partial charge is 0.310 e. The number of rotatable bonds is 5. The Bertz CT molecular complexity index is 3070. The molecule has 1 aliphatic heterocycles. The van der Waals surface area contributed by atoms with Crippen LogP contribution < -0.4 is 20.8 Å². The van der Waals surface area contributed by atoms with Crippen molar-refractivity contribution >= 4 is 83.5 Å². The third-order valence-corrected chi connectivity index (χ3v) is 14.3. The Hall–Kier alpha value is -6.67. The summed E-state index contributed by atoms with van der Waals surface area (Å²) in [5, 5.41) is 9.80. The molecule has 1 aromatic heterocycles. The van der Waals surface area contributed by atoms with Gasteiger partial charge in [0.15, 0.2) is 7.14 Å². The van der Waals surface area contributed by atoms with Crippen LogP contribution in [0, 0.1) is 0 Å². The molecule has 1 aliphatic rings. The number of nitrogens with zero attached hydrogens (tertiary/aromatic N) is 2. The lowest BCUT2D eigenvalue weighted by Crippen LogP contribution is -2.20. The zero-order chi connectivity index (χ0) is 35.8. The molecule has 254 valence electrons. The second-order valence-electron chi connectivity index (χ2n) is 14.1. The molecule has 1 unspecified atom stereocenters. The van der Waals surface area contributed by atoms with E-state index in [4.69, 9.17) is 0 Å². The van der Waals surface area contributed by atoms with Crippen LogP contribution in [0.1, 0.15) is 0 Å². The molecule has 0 bridgehead atoms. The number of benzene rings is 9. The fraction of sp³-hybridized carbons (Fsp3) is 0. The average Bonchev–Trinajstić information content (AvgIpc) is 3.70. The van der Waals surface area contributed by atoms with Gasteiger partial charge < -0.3 is 14.0 Å². The first-order chi connectivity index (χ1) is 26.6. The van der Waals surface area contributed by atoms with Crippen LogP contribution in [0.3, 0.4) is 0 Å². The summed E-state index contributed by atoms with van der Waals surface area (Å²) in [6, 6.07) is 70.7. The minimum atomic E-state index is -3.07. The van der Waals surface area contributed by atoms with Crippen LogP contribution in [-0.2, 0) is 4.57 Å². The van der Waals surface area contributed by atoms with Gasteiger partial charge in [-0.25, -0.2) is 0 Å². The maximum Gasteiger partial charge on any atom is 0.172 e. The van der Waals surface area contributed by atoms with Crippen molar-refractivity contribution in [2.45, 2.75) is 0 Å². The summed E-state index contributed by atoms with van der Waals surface area (Å²) in [6.45, 7) is 0. The molecule has 0 radical (unpaired) electrons. The molecular weight excluding hydrogens is 676 g/mol. The number of hydrogen-bond acceptors (Lipinski definition) is 2. The predicted octanol–water partition coefficient (Wildman–Crippen LogP) is 12.2. The number of hydrogen-bond donors (Lipinski definition) is 0. The number of aromatic nitrogens is 1. The fourth-order valence-corrected chi connectivity index (χ4v) is 11.7. The topological polar surface area (TPSA) is 25.2 Å². The third kappa shape index (κ3) is 4.59. The normalized spacial score (nSPS) is 14.8. The maximum atomic E-state index is 15.4. The highest BCUT2D eigenvalue weighted by molar-refractivity contribution is 7.86. The Morgan fingerprint density at radius 2 is 0.963 bits per heavy atom. The smallest absolute Gasteiger partial charge is 0.172 e. The minimum absolute atomic E-state index is 0.872. The zero-order valence-electron chi connectivity index (χ0n) is 29.3. The van der Waals surface area contributed by atoms with Gasteiger partial charge >= 0.3 is 0 Å². The summed E-state index contributed by atoms with van der Waals surface area (Å²) in [6.07, 6.45) is 0. The maximum absolute atomic E-state index is 15.4. The molecule has 0 N–H and O–H groups in total. The van der Waals surface area contributed by atoms with E-state index in [0.717, 1.165) is 71.6 Å². The van der Waals surface area contributed by atoms with Crippen LogP contribution in [-0.4, -0.2) is 4.57 Å². The summed E-state index contributed by atoms with van der Waals surface area (Å²) < 4.78 is 17.7. The first-order valence-electron chi connectivity index (χ1n) is 18.4. The molecule has 4 heteroatoms. The fourth-order valence-electron chi connectivity index (χ4n) is 8.61. The van der Waals surface area contributed by atoms with Gasteiger partial charge in [-0.05, 0) is 99.4 Å². The molecule has 0 spiro atoms. The molecule has 0 fully saturated rings. The minimum Gasteiger partial charge on any atom is -0.310 e. The number of fused-ring (bicyclic) bond motifs is 8. The summed E-state index contributed by atoms with van der Waals surface area (Å²) >= 11 is 0. The van der Waals surface area contributed by atoms with E-state index in [9.17, 15) is 0 Å². The lowest BCUT2D eigenvalue weighted by Gasteiger charge is -2.26. The van der Waals surface area contributed by atoms with Gasteiger partial charge in [0, 0.05) is 49.4 Å². The first kappa shape index (κ1) is 30.9. The molecular formula is C50H33N2OP. The second kappa shape index (κ2) is 11.9. The van der Waals surface area contributed by atoms with E-state index in [1.807, 2.05) is 36.4 Å². The van der Waals surface area contributed by atoms with E-state index in [0.29, 0.717) is 0 Å². The lowest BCUT2D eigenvalue weighted by molar-refractivity contribution is 0.593. The van der Waals surface area contributed by atoms with Crippen molar-refractivity contribution in [3.63, 3.8) is 0 Å². The molecule has 10 aromatic rings.